The number of nitrogens with one attached hydrogen (secondary N) is 1. The van der Waals surface area contributed by atoms with Gasteiger partial charge in [0.25, 0.3) is 0 Å². The number of halogens is 1. The molecule has 0 spiro atoms. The fraction of sp³-hybridized carbons (Fsp3) is 0.429. The molecule has 1 atom stereocenters. The topological polar surface area (TPSA) is 69.6 Å². The molecule has 6 heteroatoms. The molecule has 1 saturated heterocycles. The average molecular weight is 341 g/mol. The van der Waals surface area contributed by atoms with E-state index in [1.165, 1.54) is 0 Å². The third-order valence-corrected chi connectivity index (χ3v) is 3.91. The molecule has 1 aromatic rings. The number of hydrogen-bond acceptors (Lipinski definition) is 2. The van der Waals surface area contributed by atoms with Crippen molar-refractivity contribution in [1.82, 2.24) is 10.2 Å². The Morgan fingerprint density at radius 2 is 2.05 bits per heavy atom. The lowest BCUT2D eigenvalue weighted by molar-refractivity contribution is -0.136. The van der Waals surface area contributed by atoms with E-state index in [-0.39, 0.29) is 25.0 Å². The summed E-state index contributed by atoms with van der Waals surface area (Å²) in [7, 11) is 0. The molecule has 0 bridgehead atoms. The molecular weight excluding hydrogens is 324 g/mol. The van der Waals surface area contributed by atoms with E-state index in [9.17, 15) is 9.59 Å². The van der Waals surface area contributed by atoms with Gasteiger partial charge in [-0.3, -0.25) is 4.79 Å². The number of likely N-dealkylation sites (tertiary alicyclic amines) is 1. The molecule has 108 valence electrons. The average Bonchev–Trinajstić information content (AvgIpc) is 2.88. The van der Waals surface area contributed by atoms with Crippen molar-refractivity contribution >= 4 is 27.9 Å². The summed E-state index contributed by atoms with van der Waals surface area (Å²) in [6, 6.07) is 7.85. The van der Waals surface area contributed by atoms with Gasteiger partial charge in [0.05, 0.1) is 12.5 Å². The van der Waals surface area contributed by atoms with Crippen LogP contribution in [0.4, 0.5) is 4.79 Å². The first-order valence-corrected chi connectivity index (χ1v) is 7.39. The lowest BCUT2D eigenvalue weighted by atomic mass is 10.1. The van der Waals surface area contributed by atoms with Crippen LogP contribution >= 0.6 is 15.9 Å². The number of carboxylic acids is 1. The Morgan fingerprint density at radius 1 is 1.35 bits per heavy atom. The number of benzene rings is 1. The van der Waals surface area contributed by atoms with Gasteiger partial charge in [-0.25, -0.2) is 4.79 Å². The number of hydrogen-bond donors (Lipinski definition) is 2. The second kappa shape index (κ2) is 6.74. The van der Waals surface area contributed by atoms with Crippen LogP contribution < -0.4 is 5.32 Å². The van der Waals surface area contributed by atoms with E-state index < -0.39 is 5.97 Å². The number of carboxylic acid groups (broad SMARTS) is 1. The lowest BCUT2D eigenvalue weighted by Crippen LogP contribution is -2.40. The predicted octanol–water partition coefficient (Wildman–Crippen LogP) is 2.77. The Bertz CT molecular complexity index is 490. The highest BCUT2D eigenvalue weighted by molar-refractivity contribution is 9.10. The molecule has 1 aromatic carbocycles. The lowest BCUT2D eigenvalue weighted by Gasteiger charge is -2.25. The van der Waals surface area contributed by atoms with Gasteiger partial charge in [-0.05, 0) is 30.5 Å². The zero-order valence-electron chi connectivity index (χ0n) is 11.0. The molecule has 20 heavy (non-hydrogen) atoms. The summed E-state index contributed by atoms with van der Waals surface area (Å²) >= 11 is 3.40. The number of carbonyl (C=O) groups excluding carboxylic acids is 1. The Hall–Kier alpha value is -1.56. The minimum absolute atomic E-state index is 0.0530. The summed E-state index contributed by atoms with van der Waals surface area (Å²) in [5, 5.41) is 11.2. The zero-order valence-corrected chi connectivity index (χ0v) is 12.6. The smallest absolute Gasteiger partial charge is 0.317 e. The first-order chi connectivity index (χ1) is 9.58. The summed E-state index contributed by atoms with van der Waals surface area (Å²) in [6.07, 6.45) is 1.85. The van der Waals surface area contributed by atoms with Gasteiger partial charge in [-0.15, -0.1) is 0 Å². The summed E-state index contributed by atoms with van der Waals surface area (Å²) in [5.41, 5.74) is 1.11. The molecule has 2 amide bonds. The standard InChI is InChI=1S/C14H17BrN2O3/c15-11-5-3-10(4-6-11)12-2-1-9-17(12)14(20)16-8-7-13(18)19/h3-6,12H,1-2,7-9H2,(H,16,20)(H,18,19). The summed E-state index contributed by atoms with van der Waals surface area (Å²) < 4.78 is 1.01. The predicted molar refractivity (Wildman–Crippen MR) is 78.5 cm³/mol. The van der Waals surface area contributed by atoms with Crippen LogP contribution in [0.5, 0.6) is 0 Å². The van der Waals surface area contributed by atoms with Crippen molar-refractivity contribution in [1.29, 1.82) is 0 Å². The Kier molecular flexibility index (Phi) is 5.00. The maximum atomic E-state index is 12.1. The van der Waals surface area contributed by atoms with Gasteiger partial charge in [0, 0.05) is 17.6 Å². The van der Waals surface area contributed by atoms with Gasteiger partial charge >= 0.3 is 12.0 Å². The molecule has 0 aliphatic carbocycles. The molecule has 1 aliphatic heterocycles. The summed E-state index contributed by atoms with van der Waals surface area (Å²) in [6.45, 7) is 0.872. The fourth-order valence-electron chi connectivity index (χ4n) is 2.42. The highest BCUT2D eigenvalue weighted by Crippen LogP contribution is 2.32. The van der Waals surface area contributed by atoms with E-state index in [0.717, 1.165) is 22.9 Å². The quantitative estimate of drug-likeness (QED) is 0.885. The second-order valence-corrected chi connectivity index (χ2v) is 5.69. The highest BCUT2D eigenvalue weighted by atomic mass is 79.9. The minimum atomic E-state index is -0.906. The van der Waals surface area contributed by atoms with Gasteiger partial charge in [-0.2, -0.15) is 0 Å². The zero-order chi connectivity index (χ0) is 14.5. The van der Waals surface area contributed by atoms with Crippen molar-refractivity contribution in [3.8, 4) is 0 Å². The first kappa shape index (κ1) is 14.8. The molecule has 1 fully saturated rings. The van der Waals surface area contributed by atoms with Crippen molar-refractivity contribution in [3.63, 3.8) is 0 Å². The molecule has 2 N–H and O–H groups in total. The molecule has 0 radical (unpaired) electrons. The van der Waals surface area contributed by atoms with Crippen LogP contribution in [0.1, 0.15) is 30.9 Å². The van der Waals surface area contributed by atoms with Gasteiger partial charge in [-0.1, -0.05) is 28.1 Å². The maximum absolute atomic E-state index is 12.1. The maximum Gasteiger partial charge on any atom is 0.317 e. The molecule has 1 unspecified atom stereocenters. The molecule has 2 rings (SSSR count). The first-order valence-electron chi connectivity index (χ1n) is 6.59. The van der Waals surface area contributed by atoms with E-state index in [0.29, 0.717) is 6.54 Å². The Labute approximate surface area is 126 Å². The number of amides is 2. The number of aliphatic carboxylic acids is 1. The van der Waals surface area contributed by atoms with Crippen LogP contribution in [0.2, 0.25) is 0 Å². The largest absolute Gasteiger partial charge is 0.481 e. The summed E-state index contributed by atoms with van der Waals surface area (Å²) in [4.78, 5) is 24.3. The van der Waals surface area contributed by atoms with Crippen molar-refractivity contribution < 1.29 is 14.7 Å². The minimum Gasteiger partial charge on any atom is -0.481 e. The van der Waals surface area contributed by atoms with Crippen molar-refractivity contribution in [2.45, 2.75) is 25.3 Å². The van der Waals surface area contributed by atoms with Crippen LogP contribution in [0, 0.1) is 0 Å². The van der Waals surface area contributed by atoms with E-state index in [2.05, 4.69) is 21.2 Å². The van der Waals surface area contributed by atoms with Crippen LogP contribution in [-0.4, -0.2) is 35.1 Å². The number of rotatable bonds is 4. The van der Waals surface area contributed by atoms with Crippen LogP contribution in [0.15, 0.2) is 28.7 Å². The van der Waals surface area contributed by atoms with E-state index in [1.54, 1.807) is 4.90 Å². The van der Waals surface area contributed by atoms with E-state index >= 15 is 0 Å². The fourth-order valence-corrected chi connectivity index (χ4v) is 2.68. The second-order valence-electron chi connectivity index (χ2n) is 4.78. The van der Waals surface area contributed by atoms with Gasteiger partial charge in [0.15, 0.2) is 0 Å². The van der Waals surface area contributed by atoms with Gasteiger partial charge in [0.2, 0.25) is 0 Å². The molecular formula is C14H17BrN2O3. The van der Waals surface area contributed by atoms with Crippen LogP contribution in [0.3, 0.4) is 0 Å². The van der Waals surface area contributed by atoms with E-state index in [4.69, 9.17) is 5.11 Å². The molecule has 0 aromatic heterocycles. The molecule has 1 heterocycles. The van der Waals surface area contributed by atoms with Crippen LogP contribution in [0.25, 0.3) is 0 Å². The Balaban J connectivity index is 1.98. The normalized spacial score (nSPS) is 18.1. The number of carbonyl (C=O) groups is 2. The van der Waals surface area contributed by atoms with Crippen LogP contribution in [-0.2, 0) is 4.79 Å². The van der Waals surface area contributed by atoms with Gasteiger partial charge < -0.3 is 15.3 Å². The van der Waals surface area contributed by atoms with Gasteiger partial charge in [0.1, 0.15) is 0 Å². The summed E-state index contributed by atoms with van der Waals surface area (Å²) in [5.74, 6) is -0.906. The molecule has 5 nitrogen and oxygen atoms in total. The van der Waals surface area contributed by atoms with E-state index in [1.807, 2.05) is 24.3 Å². The SMILES string of the molecule is O=C(O)CCNC(=O)N1CCCC1c1ccc(Br)cc1. The highest BCUT2D eigenvalue weighted by Gasteiger charge is 2.29. The third-order valence-electron chi connectivity index (χ3n) is 3.38. The third kappa shape index (κ3) is 3.72. The monoisotopic (exact) mass is 340 g/mol. The molecule has 1 aliphatic rings. The van der Waals surface area contributed by atoms with Crippen molar-refractivity contribution in [2.75, 3.05) is 13.1 Å². The number of urea groups is 1. The molecule has 0 saturated carbocycles. The van der Waals surface area contributed by atoms with Crippen molar-refractivity contribution in [2.24, 2.45) is 0 Å². The number of nitrogens with zero attached hydrogens (tertiary/aromatic N) is 1. The Morgan fingerprint density at radius 3 is 2.70 bits per heavy atom. The van der Waals surface area contributed by atoms with Crippen molar-refractivity contribution in [3.05, 3.63) is 34.3 Å².